The minimum atomic E-state index is -0.247. The van der Waals surface area contributed by atoms with Crippen molar-refractivity contribution in [3.05, 3.63) is 34.6 Å². The van der Waals surface area contributed by atoms with Gasteiger partial charge in [-0.05, 0) is 12.1 Å². The highest BCUT2D eigenvalue weighted by Gasteiger charge is 2.15. The van der Waals surface area contributed by atoms with Crippen LogP contribution in [-0.4, -0.2) is 17.3 Å². The number of aromatic amines is 1. The van der Waals surface area contributed by atoms with Crippen molar-refractivity contribution in [1.29, 1.82) is 0 Å². The van der Waals surface area contributed by atoms with Crippen LogP contribution >= 0.6 is 0 Å². The van der Waals surface area contributed by atoms with Crippen molar-refractivity contribution in [2.45, 2.75) is 0 Å². The number of methoxy groups -OCH3 is 1. The van der Waals surface area contributed by atoms with E-state index in [0.717, 1.165) is 5.39 Å². The molecule has 2 heterocycles. The first-order chi connectivity index (χ1) is 7.79. The normalized spacial score (nSPS) is 11.1. The molecule has 1 aromatic rings. The zero-order valence-electron chi connectivity index (χ0n) is 8.48. The fourth-order valence-corrected chi connectivity index (χ4v) is 1.69. The third kappa shape index (κ3) is 1.11. The molecule has 0 saturated heterocycles. The lowest BCUT2D eigenvalue weighted by molar-refractivity contribution is 0.409. The zero-order valence-corrected chi connectivity index (χ0v) is 8.48. The first-order valence-corrected chi connectivity index (χ1v) is 4.74. The maximum atomic E-state index is 11.4. The molecule has 16 heavy (non-hydrogen) atoms. The van der Waals surface area contributed by atoms with Crippen molar-refractivity contribution in [2.24, 2.45) is 0 Å². The molecule has 0 unspecified atom stereocenters. The van der Waals surface area contributed by atoms with Crippen molar-refractivity contribution >= 4 is 11.0 Å². The van der Waals surface area contributed by atoms with Crippen molar-refractivity contribution in [1.82, 2.24) is 10.2 Å². The quantitative estimate of drug-likeness (QED) is 0.671. The first-order valence-electron chi connectivity index (χ1n) is 4.74. The van der Waals surface area contributed by atoms with E-state index in [1.807, 2.05) is 12.1 Å². The summed E-state index contributed by atoms with van der Waals surface area (Å²) in [6.45, 7) is 0. The molecule has 0 aromatic heterocycles. The van der Waals surface area contributed by atoms with Crippen LogP contribution in [0.4, 0.5) is 0 Å². The molecule has 0 atom stereocenters. The second kappa shape index (κ2) is 3.10. The summed E-state index contributed by atoms with van der Waals surface area (Å²) in [5.74, 6) is 0.914. The van der Waals surface area contributed by atoms with Crippen LogP contribution < -0.4 is 10.3 Å². The second-order valence-corrected chi connectivity index (χ2v) is 3.40. The molecule has 3 rings (SSSR count). The molecule has 2 aliphatic rings. The van der Waals surface area contributed by atoms with Crippen LogP contribution in [0.3, 0.4) is 0 Å². The van der Waals surface area contributed by atoms with Crippen LogP contribution in [0.25, 0.3) is 22.4 Å². The average molecular weight is 216 g/mol. The van der Waals surface area contributed by atoms with Gasteiger partial charge in [0, 0.05) is 5.39 Å². The molecule has 0 bridgehead atoms. The fraction of sp³-hybridized carbons (Fsp3) is 0.0909. The number of para-hydroxylation sites is 1. The Kier molecular flexibility index (Phi) is 1.73. The summed E-state index contributed by atoms with van der Waals surface area (Å²) in [4.78, 5) is 11.4. The Bertz CT molecular complexity index is 683. The Morgan fingerprint density at radius 1 is 1.44 bits per heavy atom. The molecule has 0 amide bonds. The Morgan fingerprint density at radius 2 is 2.31 bits per heavy atom. The van der Waals surface area contributed by atoms with Crippen molar-refractivity contribution in [3.8, 4) is 17.2 Å². The van der Waals surface area contributed by atoms with Crippen molar-refractivity contribution < 1.29 is 9.15 Å². The third-order valence-electron chi connectivity index (χ3n) is 2.46. The van der Waals surface area contributed by atoms with Gasteiger partial charge in [0.25, 0.3) is 5.56 Å². The molecule has 0 fully saturated rings. The van der Waals surface area contributed by atoms with Gasteiger partial charge in [-0.15, -0.1) is 5.10 Å². The molecule has 0 saturated carbocycles. The van der Waals surface area contributed by atoms with E-state index in [2.05, 4.69) is 10.2 Å². The molecular formula is C11H8N2O3. The molecule has 0 spiro atoms. The van der Waals surface area contributed by atoms with Crippen LogP contribution in [0.2, 0.25) is 0 Å². The summed E-state index contributed by atoms with van der Waals surface area (Å²) in [6, 6.07) is 7.23. The topological polar surface area (TPSA) is 68.1 Å². The smallest absolute Gasteiger partial charge is 0.277 e. The van der Waals surface area contributed by atoms with E-state index in [1.165, 1.54) is 0 Å². The molecule has 80 valence electrons. The minimum absolute atomic E-state index is 0.247. The summed E-state index contributed by atoms with van der Waals surface area (Å²) in [7, 11) is 1.57. The van der Waals surface area contributed by atoms with Crippen LogP contribution in [-0.2, 0) is 0 Å². The Morgan fingerprint density at radius 3 is 3.12 bits per heavy atom. The van der Waals surface area contributed by atoms with Gasteiger partial charge >= 0.3 is 0 Å². The number of hydrogen-bond acceptors (Lipinski definition) is 4. The van der Waals surface area contributed by atoms with E-state index in [1.54, 1.807) is 19.2 Å². The van der Waals surface area contributed by atoms with Crippen molar-refractivity contribution in [2.75, 3.05) is 7.11 Å². The number of aromatic nitrogens is 2. The maximum absolute atomic E-state index is 11.4. The molecule has 1 aromatic carbocycles. The summed E-state index contributed by atoms with van der Waals surface area (Å²) in [5, 5.41) is 6.94. The zero-order chi connectivity index (χ0) is 11.1. The predicted octanol–water partition coefficient (Wildman–Crippen LogP) is 1.63. The van der Waals surface area contributed by atoms with E-state index < -0.39 is 0 Å². The Balaban J connectivity index is 2.49. The van der Waals surface area contributed by atoms with Gasteiger partial charge in [0.15, 0.2) is 11.3 Å². The van der Waals surface area contributed by atoms with Crippen LogP contribution in [0, 0.1) is 0 Å². The predicted molar refractivity (Wildman–Crippen MR) is 57.8 cm³/mol. The van der Waals surface area contributed by atoms with Gasteiger partial charge in [-0.25, -0.2) is 5.10 Å². The lowest BCUT2D eigenvalue weighted by Gasteiger charge is -2.04. The first kappa shape index (κ1) is 8.96. The highest BCUT2D eigenvalue weighted by Crippen LogP contribution is 2.30. The number of fused-ring (bicyclic) bond motifs is 2. The van der Waals surface area contributed by atoms with E-state index in [9.17, 15) is 4.79 Å². The molecule has 0 aliphatic carbocycles. The van der Waals surface area contributed by atoms with E-state index in [0.29, 0.717) is 22.8 Å². The summed E-state index contributed by atoms with van der Waals surface area (Å²) in [5.41, 5.74) is 0.785. The average Bonchev–Trinajstić information content (AvgIpc) is 2.67. The summed E-state index contributed by atoms with van der Waals surface area (Å²) < 4.78 is 10.7. The second-order valence-electron chi connectivity index (χ2n) is 3.40. The fourth-order valence-electron chi connectivity index (χ4n) is 1.69. The minimum Gasteiger partial charge on any atom is -0.493 e. The van der Waals surface area contributed by atoms with Crippen LogP contribution in [0.5, 0.6) is 5.75 Å². The molecule has 5 heteroatoms. The molecular weight excluding hydrogens is 208 g/mol. The van der Waals surface area contributed by atoms with Gasteiger partial charge in [-0.2, -0.15) is 0 Å². The largest absolute Gasteiger partial charge is 0.493 e. The number of nitrogens with one attached hydrogen (secondary N) is 1. The van der Waals surface area contributed by atoms with Gasteiger partial charge in [0.2, 0.25) is 5.89 Å². The van der Waals surface area contributed by atoms with E-state index >= 15 is 0 Å². The van der Waals surface area contributed by atoms with E-state index in [4.69, 9.17) is 9.15 Å². The van der Waals surface area contributed by atoms with Gasteiger partial charge in [0.05, 0.1) is 7.11 Å². The van der Waals surface area contributed by atoms with Crippen molar-refractivity contribution in [3.63, 3.8) is 0 Å². The highest BCUT2D eigenvalue weighted by molar-refractivity contribution is 5.86. The molecule has 5 nitrogen and oxygen atoms in total. The van der Waals surface area contributed by atoms with Crippen LogP contribution in [0.15, 0.2) is 33.5 Å². The number of rotatable bonds is 1. The highest BCUT2D eigenvalue weighted by atomic mass is 16.5. The molecule has 2 aliphatic heterocycles. The summed E-state index contributed by atoms with van der Waals surface area (Å²) in [6.07, 6.45) is 0. The monoisotopic (exact) mass is 216 g/mol. The van der Waals surface area contributed by atoms with Gasteiger partial charge in [-0.3, -0.25) is 4.79 Å². The van der Waals surface area contributed by atoms with Gasteiger partial charge in [0.1, 0.15) is 5.56 Å². The number of ether oxygens (including phenoxy) is 1. The standard InChI is InChI=1S/C11H8N2O3/c1-15-8-4-2-3-6-5-7-10(14)12-13-11(7)16-9(6)8/h2-5H,1H3,(H,12,14). The van der Waals surface area contributed by atoms with E-state index in [-0.39, 0.29) is 5.56 Å². The SMILES string of the molecule is COc1cccc2cc3c(=O)[nH]nc-3oc12. The Hall–Kier alpha value is -2.30. The Labute approximate surface area is 90.0 Å². The molecule has 0 radical (unpaired) electrons. The number of H-pyrrole nitrogens is 1. The molecule has 1 N–H and O–H groups in total. The lowest BCUT2D eigenvalue weighted by atomic mass is 10.1. The lowest BCUT2D eigenvalue weighted by Crippen LogP contribution is -1.99. The summed E-state index contributed by atoms with van der Waals surface area (Å²) >= 11 is 0. The number of benzene rings is 1. The van der Waals surface area contributed by atoms with Gasteiger partial charge < -0.3 is 9.15 Å². The number of hydrogen-bond donors (Lipinski definition) is 1. The number of nitrogens with zero attached hydrogens (tertiary/aromatic N) is 1. The third-order valence-corrected chi connectivity index (χ3v) is 2.46. The van der Waals surface area contributed by atoms with Gasteiger partial charge in [-0.1, -0.05) is 12.1 Å². The maximum Gasteiger partial charge on any atom is 0.277 e. The van der Waals surface area contributed by atoms with Crippen LogP contribution in [0.1, 0.15) is 0 Å².